The molecule has 0 aromatic rings. The lowest BCUT2D eigenvalue weighted by Gasteiger charge is -2.77. The van der Waals surface area contributed by atoms with Crippen molar-refractivity contribution >= 4 is 35.8 Å². The van der Waals surface area contributed by atoms with Gasteiger partial charge in [-0.3, -0.25) is 28.8 Å². The fourth-order valence-electron chi connectivity index (χ4n) is 38.7. The minimum Gasteiger partial charge on any atom is -0.469 e. The van der Waals surface area contributed by atoms with Crippen LogP contribution in [0.2, 0.25) is 0 Å². The summed E-state index contributed by atoms with van der Waals surface area (Å²) >= 11 is 0. The Kier molecular flexibility index (Phi) is 23.4. The second kappa shape index (κ2) is 32.1. The summed E-state index contributed by atoms with van der Waals surface area (Å²) in [4.78, 5) is 74.1. The summed E-state index contributed by atoms with van der Waals surface area (Å²) in [5.41, 5.74) is -4.60. The lowest BCUT2D eigenvalue weighted by molar-refractivity contribution is -0.345. The quantitative estimate of drug-likeness (QED) is 0.0549. The monoisotopic (exact) mass is 1810 g/mol. The largest absolute Gasteiger partial charge is 0.469 e. The van der Waals surface area contributed by atoms with E-state index in [4.69, 9.17) is 34.1 Å². The third-order valence-electron chi connectivity index (χ3n) is 45.8. The maximum atomic E-state index is 12.9. The highest BCUT2D eigenvalue weighted by Gasteiger charge is 2.81. The van der Waals surface area contributed by atoms with Crippen molar-refractivity contribution < 1.29 is 87.8 Å². The molecule has 24 atom stereocenters. The molecule has 0 heterocycles. The topological polar surface area (TPSA) is 303 Å². The molecule has 6 N–H and O–H groups in total. The third-order valence-corrected chi connectivity index (χ3v) is 45.8. The molecule has 0 aromatic heterocycles. The fourth-order valence-corrected chi connectivity index (χ4v) is 38.7. The van der Waals surface area contributed by atoms with E-state index < -0.39 is 27.6 Å². The maximum absolute atomic E-state index is 12.9. The zero-order valence-electron chi connectivity index (χ0n) is 83.3. The van der Waals surface area contributed by atoms with E-state index in [1.807, 2.05) is 69.2 Å². The van der Waals surface area contributed by atoms with E-state index in [1.54, 1.807) is 6.92 Å². The molecule has 34 fully saturated rings. The minimum absolute atomic E-state index is 0.000451. The second-order valence-corrected chi connectivity index (χ2v) is 54.2. The van der Waals surface area contributed by atoms with Gasteiger partial charge < -0.3 is 59.1 Å². The number of hydrogen-bond acceptors (Lipinski definition) is 19. The van der Waals surface area contributed by atoms with Gasteiger partial charge in [-0.05, 0) is 433 Å². The van der Waals surface area contributed by atoms with E-state index in [0.29, 0.717) is 161 Å². The first-order valence-corrected chi connectivity index (χ1v) is 53.8. The Morgan fingerprint density at radius 2 is 0.723 bits per heavy atom. The van der Waals surface area contributed by atoms with E-state index in [-0.39, 0.29) is 115 Å². The summed E-state index contributed by atoms with van der Waals surface area (Å²) in [6.07, 6.45) is 41.7. The Balaban J connectivity index is 0.000000100. The molecule has 34 rings (SSSR count). The van der Waals surface area contributed by atoms with Gasteiger partial charge in [0.1, 0.15) is 28.0 Å². The van der Waals surface area contributed by atoms with Crippen molar-refractivity contribution in [2.24, 2.45) is 204 Å². The number of carbonyl (C=O) groups is 6. The number of esters is 6. The van der Waals surface area contributed by atoms with Crippen LogP contribution in [0.15, 0.2) is 0 Å². The molecule has 34 aliphatic rings. The Labute approximate surface area is 779 Å². The highest BCUT2D eigenvalue weighted by atomic mass is 16.6. The van der Waals surface area contributed by atoms with E-state index in [1.165, 1.54) is 90.6 Å². The van der Waals surface area contributed by atoms with Crippen LogP contribution in [-0.2, 0) is 57.2 Å². The molecular weight excluding hydrogens is 1640 g/mol. The van der Waals surface area contributed by atoms with Crippen LogP contribution < -0.4 is 0 Å². The van der Waals surface area contributed by atoms with Crippen molar-refractivity contribution in [3.8, 4) is 6.07 Å². The van der Waals surface area contributed by atoms with Crippen LogP contribution >= 0.6 is 0 Å². The fraction of sp³-hybridized carbons (Fsp3) is 0.937. The summed E-state index contributed by atoms with van der Waals surface area (Å²) in [5.74, 6) is 15.6. The summed E-state index contributed by atoms with van der Waals surface area (Å²) in [6, 6.07) is 2.40. The lowest BCUT2D eigenvalue weighted by Crippen LogP contribution is -2.78. The number of rotatable bonds is 18. The normalized spacial score (nSPS) is 51.6. The number of methoxy groups -OCH3 is 1. The highest BCUT2D eigenvalue weighted by molar-refractivity contribution is 5.78. The van der Waals surface area contributed by atoms with Gasteiger partial charge in [0, 0.05) is 36.0 Å². The Morgan fingerprint density at radius 1 is 0.362 bits per heavy atom. The molecule has 728 valence electrons. The van der Waals surface area contributed by atoms with Gasteiger partial charge in [-0.25, -0.2) is 0 Å². The van der Waals surface area contributed by atoms with Gasteiger partial charge in [0.05, 0.1) is 81.3 Å². The number of aliphatic hydroxyl groups excluding tert-OH is 1. The summed E-state index contributed by atoms with van der Waals surface area (Å²) in [5, 5.41) is 72.8. The van der Waals surface area contributed by atoms with Crippen LogP contribution in [0.1, 0.15) is 375 Å². The molecule has 19 heteroatoms. The first-order chi connectivity index (χ1) is 60.9. The van der Waals surface area contributed by atoms with Crippen molar-refractivity contribution in [3.63, 3.8) is 0 Å². The number of nitriles is 1. The SMILES string of the molecule is CCC(C)(C)C(=O)OC12CC3C4CC5(O)CC3C(C)(C1)C(C5)C4C2.CCC(C)(C)C(=O)OC12CC3C4CC5(O)CC3C(C)(C1)C(C5)C4C2.CCC(C)(C)C(=O)OC12CC3CC4C1CC1CC2C(C3)C4(O)C1.CCC(C)(CO)C(=O)OC.CCC(C)C(=O)OC12CC3CC(CC(O)(C3)C1)C2.CCC(C)C(=O)OC12CC3CC4C1CC1CC2C(C3)C4(O)C1.N#CC1CC2CCC1C2. The van der Waals surface area contributed by atoms with Crippen LogP contribution in [0, 0.1) is 215 Å². The Hall–Kier alpha value is -3.93. The zero-order valence-corrected chi connectivity index (χ0v) is 83.3. The van der Waals surface area contributed by atoms with Crippen LogP contribution in [0.4, 0.5) is 0 Å². The van der Waals surface area contributed by atoms with Gasteiger partial charge >= 0.3 is 35.8 Å². The van der Waals surface area contributed by atoms with Gasteiger partial charge in [-0.1, -0.05) is 75.7 Å². The highest BCUT2D eigenvalue weighted by Crippen LogP contribution is 2.82. The van der Waals surface area contributed by atoms with Crippen LogP contribution in [0.25, 0.3) is 0 Å². The standard InChI is InChI=1S/2C21H32O3.C20H30O3.C19H28O3.C15H24O3.C8H11N.C7H14O3/c2*1-5-18(2,3)17(22)24-21-7-13-12-6-20(23)9-15(13)19(4,11-21)16(10-20)14(12)8-21;1-4-18(2,3)17(21)23-20-10-12-5-13-15(20)7-11-8-16(20)14(6-12)19(13,22)9-11;1-3-10(2)17(20)22-19-9-12-4-13-15(19)6-11-7-16(19)14(5-12)18(13,21)8-11;1-3-10(2)13(16)18-15-7-11-4-12(8-15)6-14(17,5-11)9-15;9-5-8-4-6-1-2-7(8)3-6;1-4-7(2,5-8)6(9)10-3/h2*12-16,23H,5-11H2,1-4H3;11-16,22H,4-10H2,1-3H3;10-16,21H,3-9H2,1-2H3;10-12,17H,3-9H2,1-2H3;6-8H,1-4H2;8H,4-5H2,1-3H3. The van der Waals surface area contributed by atoms with Gasteiger partial charge in [0.2, 0.25) is 0 Å². The van der Waals surface area contributed by atoms with Gasteiger partial charge in [-0.15, -0.1) is 0 Å². The van der Waals surface area contributed by atoms with Gasteiger partial charge in [0.15, 0.2) is 0 Å². The molecule has 24 unspecified atom stereocenters. The molecule has 34 saturated carbocycles. The van der Waals surface area contributed by atoms with Crippen LogP contribution in [-0.4, -0.2) is 136 Å². The van der Waals surface area contributed by atoms with Crippen molar-refractivity contribution in [1.29, 1.82) is 5.26 Å². The smallest absolute Gasteiger partial charge is 0.313 e. The van der Waals surface area contributed by atoms with Gasteiger partial charge in [0.25, 0.3) is 0 Å². The first kappa shape index (κ1) is 95.0. The molecule has 38 bridgehead atoms. The number of nitrogens with zero attached hydrogens (tertiary/aromatic N) is 1. The van der Waals surface area contributed by atoms with Crippen molar-refractivity contribution in [2.45, 2.75) is 431 Å². The van der Waals surface area contributed by atoms with Crippen molar-refractivity contribution in [1.82, 2.24) is 0 Å². The predicted octanol–water partition coefficient (Wildman–Crippen LogP) is 19.7. The molecule has 0 aromatic carbocycles. The van der Waals surface area contributed by atoms with Crippen LogP contribution in [0.5, 0.6) is 0 Å². The van der Waals surface area contributed by atoms with Crippen molar-refractivity contribution in [2.75, 3.05) is 13.7 Å². The second-order valence-electron chi connectivity index (χ2n) is 54.2. The molecule has 0 aliphatic heterocycles. The molecule has 0 amide bonds. The molecular formula is C111H171NO18. The summed E-state index contributed by atoms with van der Waals surface area (Å²) in [6.45, 7) is 34.5. The molecule has 0 radical (unpaired) electrons. The van der Waals surface area contributed by atoms with E-state index in [9.17, 15) is 54.3 Å². The molecule has 0 saturated heterocycles. The van der Waals surface area contributed by atoms with E-state index in [2.05, 4.69) is 52.3 Å². The van der Waals surface area contributed by atoms with E-state index in [0.717, 1.165) is 172 Å². The first-order valence-electron chi connectivity index (χ1n) is 53.8. The number of hydrogen-bond donors (Lipinski definition) is 6. The van der Waals surface area contributed by atoms with Crippen molar-refractivity contribution in [3.05, 3.63) is 0 Å². The number of fused-ring (bicyclic) bond motifs is 2. The number of aliphatic hydroxyl groups is 6. The summed E-state index contributed by atoms with van der Waals surface area (Å²) in [7, 11) is 1.33. The van der Waals surface area contributed by atoms with E-state index >= 15 is 0 Å². The zero-order chi connectivity index (χ0) is 93.1. The van der Waals surface area contributed by atoms with Gasteiger partial charge in [-0.2, -0.15) is 5.26 Å². The molecule has 19 nitrogen and oxygen atoms in total. The average Bonchev–Trinajstić information content (AvgIpc) is 0.680. The molecule has 0 spiro atoms. The average molecular weight is 1810 g/mol. The molecule has 130 heavy (non-hydrogen) atoms. The summed E-state index contributed by atoms with van der Waals surface area (Å²) < 4.78 is 35.8. The Bertz CT molecular complexity index is 4190. The maximum Gasteiger partial charge on any atom is 0.313 e. The number of carbonyl (C=O) groups excluding carboxylic acids is 6. The molecule has 34 aliphatic carbocycles. The predicted molar refractivity (Wildman–Crippen MR) is 491 cm³/mol. The van der Waals surface area contributed by atoms with Crippen LogP contribution in [0.3, 0.4) is 0 Å². The Morgan fingerprint density at radius 3 is 1.04 bits per heavy atom. The number of ether oxygens (including phenoxy) is 6. The minimum atomic E-state index is -0.714. The third kappa shape index (κ3) is 14.7. The lowest BCUT2D eigenvalue weighted by atomic mass is 9.29.